The van der Waals surface area contributed by atoms with E-state index in [1.165, 1.54) is 42.7 Å². The molecular weight excluding hydrogens is 356 g/mol. The van der Waals surface area contributed by atoms with E-state index in [-0.39, 0.29) is 5.91 Å². The second kappa shape index (κ2) is 8.89. The quantitative estimate of drug-likeness (QED) is 0.746. The zero-order valence-corrected chi connectivity index (χ0v) is 16.6. The van der Waals surface area contributed by atoms with Crippen molar-refractivity contribution in [1.29, 1.82) is 0 Å². The van der Waals surface area contributed by atoms with Crippen molar-refractivity contribution >= 4 is 22.9 Å². The molecule has 1 fully saturated rings. The molecule has 5 heteroatoms. The Balaban J connectivity index is 1.37. The minimum absolute atomic E-state index is 0.105. The lowest BCUT2D eigenvalue weighted by Gasteiger charge is -2.29. The van der Waals surface area contributed by atoms with Crippen LogP contribution in [-0.4, -0.2) is 32.1 Å². The number of thiophene rings is 1. The molecular formula is C22H28N2O2S. The van der Waals surface area contributed by atoms with Crippen molar-refractivity contribution in [2.24, 2.45) is 5.92 Å². The van der Waals surface area contributed by atoms with Gasteiger partial charge in [0.25, 0.3) is 5.91 Å². The maximum absolute atomic E-state index is 12.9. The number of hydrogen-bond acceptors (Lipinski definition) is 4. The van der Waals surface area contributed by atoms with E-state index < -0.39 is 0 Å². The van der Waals surface area contributed by atoms with Crippen molar-refractivity contribution in [2.75, 3.05) is 31.1 Å². The van der Waals surface area contributed by atoms with Crippen molar-refractivity contribution in [2.45, 2.75) is 38.5 Å². The van der Waals surface area contributed by atoms with Crippen LogP contribution < -0.4 is 15.0 Å². The first kappa shape index (κ1) is 18.5. The van der Waals surface area contributed by atoms with Crippen LogP contribution in [0.4, 0.5) is 5.69 Å². The molecule has 1 unspecified atom stereocenters. The number of rotatable bonds is 6. The van der Waals surface area contributed by atoms with Crippen LogP contribution in [0.5, 0.6) is 5.75 Å². The second-order valence-corrected chi connectivity index (χ2v) is 8.48. The minimum Gasteiger partial charge on any atom is -0.494 e. The van der Waals surface area contributed by atoms with Gasteiger partial charge in [0.2, 0.25) is 0 Å². The maximum atomic E-state index is 12.9. The third-order valence-electron chi connectivity index (χ3n) is 5.58. The fraction of sp³-hybridized carbons (Fsp3) is 0.500. The van der Waals surface area contributed by atoms with E-state index in [4.69, 9.17) is 4.74 Å². The zero-order chi connectivity index (χ0) is 18.5. The van der Waals surface area contributed by atoms with Crippen LogP contribution >= 0.6 is 11.3 Å². The summed E-state index contributed by atoms with van der Waals surface area (Å²) in [5.41, 5.74) is 2.26. The van der Waals surface area contributed by atoms with Crippen LogP contribution in [0.2, 0.25) is 0 Å². The van der Waals surface area contributed by atoms with E-state index in [0.29, 0.717) is 0 Å². The third-order valence-corrected chi connectivity index (χ3v) is 6.43. The monoisotopic (exact) mass is 384 g/mol. The Hall–Kier alpha value is -1.85. The lowest BCUT2D eigenvalue weighted by atomic mass is 9.95. The molecule has 1 saturated heterocycles. The number of aryl methyl sites for hydroxylation is 1. The first-order valence-electron chi connectivity index (χ1n) is 10.1. The van der Waals surface area contributed by atoms with E-state index in [2.05, 4.69) is 23.5 Å². The first-order chi connectivity index (χ1) is 13.3. The van der Waals surface area contributed by atoms with Gasteiger partial charge in [0.05, 0.1) is 17.2 Å². The predicted octanol–water partition coefficient (Wildman–Crippen LogP) is 4.50. The molecule has 3 heterocycles. The van der Waals surface area contributed by atoms with Gasteiger partial charge in [0.1, 0.15) is 5.75 Å². The molecule has 0 bridgehead atoms. The normalized spacial score (nSPS) is 19.6. The van der Waals surface area contributed by atoms with Gasteiger partial charge in [-0.15, -0.1) is 11.3 Å². The summed E-state index contributed by atoms with van der Waals surface area (Å²) in [5, 5.41) is 5.43. The number of carbonyl (C=O) groups excluding carboxylic acids is 1. The number of carbonyl (C=O) groups is 1. The van der Waals surface area contributed by atoms with E-state index in [9.17, 15) is 4.79 Å². The number of nitrogens with zero attached hydrogens (tertiary/aromatic N) is 1. The van der Waals surface area contributed by atoms with Gasteiger partial charge < -0.3 is 15.0 Å². The minimum atomic E-state index is 0.105. The molecule has 2 aromatic rings. The van der Waals surface area contributed by atoms with Gasteiger partial charge in [-0.2, -0.15) is 0 Å². The molecule has 1 amide bonds. The molecule has 4 rings (SSSR count). The average Bonchev–Trinajstić information content (AvgIpc) is 3.26. The SMILES string of the molecule is O=C(c1cccs1)N1CCCc2ccc(OCCCC3CCCNC3)cc21. The van der Waals surface area contributed by atoms with E-state index >= 15 is 0 Å². The van der Waals surface area contributed by atoms with Crippen molar-refractivity contribution < 1.29 is 9.53 Å². The van der Waals surface area contributed by atoms with Crippen LogP contribution in [0, 0.1) is 5.92 Å². The summed E-state index contributed by atoms with van der Waals surface area (Å²) < 4.78 is 6.03. The lowest BCUT2D eigenvalue weighted by Crippen LogP contribution is -2.35. The van der Waals surface area contributed by atoms with Gasteiger partial charge in [-0.05, 0) is 80.6 Å². The molecule has 0 spiro atoms. The molecule has 1 atom stereocenters. The Labute approximate surface area is 165 Å². The second-order valence-electron chi connectivity index (χ2n) is 7.53. The summed E-state index contributed by atoms with van der Waals surface area (Å²) in [5.74, 6) is 1.78. The number of hydrogen-bond donors (Lipinski definition) is 1. The Morgan fingerprint density at radius 1 is 1.30 bits per heavy atom. The zero-order valence-electron chi connectivity index (χ0n) is 15.8. The number of ether oxygens (including phenoxy) is 1. The van der Waals surface area contributed by atoms with Crippen molar-refractivity contribution in [3.05, 3.63) is 46.2 Å². The van der Waals surface area contributed by atoms with Crippen molar-refractivity contribution in [3.8, 4) is 5.75 Å². The van der Waals surface area contributed by atoms with E-state index in [1.54, 1.807) is 0 Å². The topological polar surface area (TPSA) is 41.6 Å². The average molecular weight is 385 g/mol. The molecule has 1 aromatic carbocycles. The largest absolute Gasteiger partial charge is 0.494 e. The van der Waals surface area contributed by atoms with Gasteiger partial charge in [-0.3, -0.25) is 4.79 Å². The van der Waals surface area contributed by atoms with Crippen molar-refractivity contribution in [3.63, 3.8) is 0 Å². The van der Waals surface area contributed by atoms with Gasteiger partial charge in [0.15, 0.2) is 0 Å². The highest BCUT2D eigenvalue weighted by molar-refractivity contribution is 7.12. The fourth-order valence-electron chi connectivity index (χ4n) is 4.12. The summed E-state index contributed by atoms with van der Waals surface area (Å²) in [6.07, 6.45) is 6.98. The highest BCUT2D eigenvalue weighted by Gasteiger charge is 2.24. The standard InChI is InChI=1S/C22H28N2O2S/c25-22(21-8-4-14-27-21)24-12-2-7-18-9-10-19(15-20(18)24)26-13-3-6-17-5-1-11-23-16-17/h4,8-10,14-15,17,23H,1-3,5-7,11-13,16H2. The molecule has 1 N–H and O–H groups in total. The summed E-state index contributed by atoms with van der Waals surface area (Å²) >= 11 is 1.51. The molecule has 2 aliphatic heterocycles. The number of fused-ring (bicyclic) bond motifs is 1. The molecule has 0 radical (unpaired) electrons. The Morgan fingerprint density at radius 2 is 2.26 bits per heavy atom. The summed E-state index contributed by atoms with van der Waals surface area (Å²) in [6.45, 7) is 3.84. The molecule has 2 aliphatic rings. The molecule has 4 nitrogen and oxygen atoms in total. The molecule has 1 aromatic heterocycles. The summed E-state index contributed by atoms with van der Waals surface area (Å²) in [6, 6.07) is 10.1. The van der Waals surface area contributed by atoms with Crippen LogP contribution in [0.15, 0.2) is 35.7 Å². The predicted molar refractivity (Wildman–Crippen MR) is 111 cm³/mol. The number of amides is 1. The van der Waals surface area contributed by atoms with Gasteiger partial charge in [0, 0.05) is 12.6 Å². The fourth-order valence-corrected chi connectivity index (χ4v) is 4.79. The molecule has 144 valence electrons. The number of anilines is 1. The van der Waals surface area contributed by atoms with E-state index in [0.717, 1.165) is 61.2 Å². The van der Waals surface area contributed by atoms with Gasteiger partial charge >= 0.3 is 0 Å². The molecule has 27 heavy (non-hydrogen) atoms. The first-order valence-corrected chi connectivity index (χ1v) is 11.0. The Kier molecular flexibility index (Phi) is 6.10. The third kappa shape index (κ3) is 4.53. The van der Waals surface area contributed by atoms with Crippen LogP contribution in [0.3, 0.4) is 0 Å². The van der Waals surface area contributed by atoms with Gasteiger partial charge in [-0.25, -0.2) is 0 Å². The maximum Gasteiger partial charge on any atom is 0.268 e. The number of nitrogens with one attached hydrogen (secondary N) is 1. The van der Waals surface area contributed by atoms with Crippen LogP contribution in [0.25, 0.3) is 0 Å². The summed E-state index contributed by atoms with van der Waals surface area (Å²) in [4.78, 5) is 15.6. The van der Waals surface area contributed by atoms with Crippen molar-refractivity contribution in [1.82, 2.24) is 5.32 Å². The van der Waals surface area contributed by atoms with Crippen LogP contribution in [-0.2, 0) is 6.42 Å². The Morgan fingerprint density at radius 3 is 3.07 bits per heavy atom. The Bertz CT molecular complexity index is 754. The van der Waals surface area contributed by atoms with E-state index in [1.807, 2.05) is 22.4 Å². The van der Waals surface area contributed by atoms with Crippen LogP contribution in [0.1, 0.15) is 47.3 Å². The number of piperidine rings is 1. The smallest absolute Gasteiger partial charge is 0.268 e. The van der Waals surface area contributed by atoms with Gasteiger partial charge in [-0.1, -0.05) is 12.1 Å². The molecule has 0 aliphatic carbocycles. The highest BCUT2D eigenvalue weighted by Crippen LogP contribution is 2.32. The number of benzene rings is 1. The molecule has 0 saturated carbocycles. The summed E-state index contributed by atoms with van der Waals surface area (Å²) in [7, 11) is 0. The lowest BCUT2D eigenvalue weighted by molar-refractivity contribution is 0.0989. The highest BCUT2D eigenvalue weighted by atomic mass is 32.1.